The predicted molar refractivity (Wildman–Crippen MR) is 53.8 cm³/mol. The summed E-state index contributed by atoms with van der Waals surface area (Å²) >= 11 is 0. The molecular weight excluding hydrogens is 180 g/mol. The first-order valence-corrected chi connectivity index (χ1v) is 5.57. The third-order valence-electron chi connectivity index (χ3n) is 3.00. The molecule has 0 radical (unpaired) electrons. The Morgan fingerprint density at radius 1 is 1.43 bits per heavy atom. The van der Waals surface area contributed by atoms with Crippen molar-refractivity contribution in [2.24, 2.45) is 11.8 Å². The van der Waals surface area contributed by atoms with Gasteiger partial charge in [0, 0.05) is 0 Å². The molecule has 0 aromatic carbocycles. The van der Waals surface area contributed by atoms with Crippen molar-refractivity contribution in [1.82, 2.24) is 0 Å². The minimum Gasteiger partial charge on any atom is -0.466 e. The molecular formula is C11H20O3. The van der Waals surface area contributed by atoms with Crippen LogP contribution in [-0.2, 0) is 9.53 Å². The Kier molecular flexibility index (Phi) is 4.94. The fourth-order valence-electron chi connectivity index (χ4n) is 2.20. The van der Waals surface area contributed by atoms with E-state index in [-0.39, 0.29) is 18.5 Å². The highest BCUT2D eigenvalue weighted by atomic mass is 16.5. The lowest BCUT2D eigenvalue weighted by Gasteiger charge is -2.27. The molecule has 1 rings (SSSR count). The predicted octanol–water partition coefficient (Wildman–Crippen LogP) is 1.74. The first-order chi connectivity index (χ1) is 6.79. The van der Waals surface area contributed by atoms with Crippen LogP contribution in [0.5, 0.6) is 0 Å². The van der Waals surface area contributed by atoms with Crippen molar-refractivity contribution in [2.45, 2.75) is 39.0 Å². The number of aliphatic hydroxyl groups excluding tert-OH is 1. The highest BCUT2D eigenvalue weighted by Crippen LogP contribution is 2.30. The van der Waals surface area contributed by atoms with Gasteiger partial charge in [-0.2, -0.15) is 0 Å². The minimum atomic E-state index is -0.282. The van der Waals surface area contributed by atoms with Crippen molar-refractivity contribution in [1.29, 1.82) is 0 Å². The Labute approximate surface area is 85.5 Å². The fourth-order valence-corrected chi connectivity index (χ4v) is 2.20. The quantitative estimate of drug-likeness (QED) is 0.703. The maximum Gasteiger partial charge on any atom is 0.311 e. The van der Waals surface area contributed by atoms with Crippen LogP contribution in [0.2, 0.25) is 0 Å². The van der Waals surface area contributed by atoms with Gasteiger partial charge in [0.15, 0.2) is 0 Å². The summed E-state index contributed by atoms with van der Waals surface area (Å²) in [6.07, 6.45) is 5.74. The largest absolute Gasteiger partial charge is 0.466 e. The summed E-state index contributed by atoms with van der Waals surface area (Å²) in [6.45, 7) is 2.14. The summed E-state index contributed by atoms with van der Waals surface area (Å²) in [7, 11) is 0. The number of rotatable bonds is 4. The van der Waals surface area contributed by atoms with E-state index in [0.29, 0.717) is 12.5 Å². The van der Waals surface area contributed by atoms with E-state index in [9.17, 15) is 9.90 Å². The lowest BCUT2D eigenvalue weighted by atomic mass is 9.80. The Morgan fingerprint density at radius 2 is 2.07 bits per heavy atom. The zero-order valence-corrected chi connectivity index (χ0v) is 8.87. The number of aliphatic hydroxyl groups is 1. The van der Waals surface area contributed by atoms with Gasteiger partial charge >= 0.3 is 5.97 Å². The van der Waals surface area contributed by atoms with Gasteiger partial charge in [-0.15, -0.1) is 0 Å². The first kappa shape index (κ1) is 11.5. The van der Waals surface area contributed by atoms with Gasteiger partial charge in [0.05, 0.1) is 19.1 Å². The third-order valence-corrected chi connectivity index (χ3v) is 3.00. The molecule has 0 heterocycles. The Morgan fingerprint density at radius 3 is 2.57 bits per heavy atom. The van der Waals surface area contributed by atoms with Crippen molar-refractivity contribution in [2.75, 3.05) is 13.2 Å². The third kappa shape index (κ3) is 2.98. The van der Waals surface area contributed by atoms with Gasteiger partial charge in [0.1, 0.15) is 0 Å². The van der Waals surface area contributed by atoms with E-state index in [0.717, 1.165) is 12.8 Å². The molecule has 1 N–H and O–H groups in total. The molecule has 1 atom stereocenters. The number of esters is 1. The SMILES string of the molecule is CCOC(=O)C(CO)C1CCCCC1. The number of carbonyl (C=O) groups is 1. The Balaban J connectivity index is 2.46. The summed E-state index contributed by atoms with van der Waals surface area (Å²) in [5.74, 6) is -0.162. The van der Waals surface area contributed by atoms with Gasteiger partial charge < -0.3 is 9.84 Å². The van der Waals surface area contributed by atoms with E-state index in [1.807, 2.05) is 0 Å². The van der Waals surface area contributed by atoms with Gasteiger partial charge in [-0.1, -0.05) is 19.3 Å². The van der Waals surface area contributed by atoms with Crippen LogP contribution in [0, 0.1) is 11.8 Å². The van der Waals surface area contributed by atoms with Crippen LogP contribution in [0.3, 0.4) is 0 Å². The number of hydrogen-bond acceptors (Lipinski definition) is 3. The van der Waals surface area contributed by atoms with E-state index in [2.05, 4.69) is 0 Å². The summed E-state index contributed by atoms with van der Waals surface area (Å²) < 4.78 is 4.95. The van der Waals surface area contributed by atoms with Crippen LogP contribution in [0.4, 0.5) is 0 Å². The Hall–Kier alpha value is -0.570. The van der Waals surface area contributed by atoms with Gasteiger partial charge in [-0.05, 0) is 25.7 Å². The number of carbonyl (C=O) groups excluding carboxylic acids is 1. The summed E-state index contributed by atoms with van der Waals surface area (Å²) in [6, 6.07) is 0. The fraction of sp³-hybridized carbons (Fsp3) is 0.909. The lowest BCUT2D eigenvalue weighted by Crippen LogP contribution is -2.30. The van der Waals surface area contributed by atoms with Crippen molar-refractivity contribution >= 4 is 5.97 Å². The molecule has 0 spiro atoms. The van der Waals surface area contributed by atoms with Crippen molar-refractivity contribution in [3.63, 3.8) is 0 Å². The van der Waals surface area contributed by atoms with Gasteiger partial charge in [0.2, 0.25) is 0 Å². The zero-order valence-electron chi connectivity index (χ0n) is 8.87. The van der Waals surface area contributed by atoms with E-state index in [1.54, 1.807) is 6.92 Å². The molecule has 1 fully saturated rings. The maximum atomic E-state index is 11.5. The van der Waals surface area contributed by atoms with Crippen LogP contribution < -0.4 is 0 Å². The molecule has 1 aliphatic rings. The highest BCUT2D eigenvalue weighted by molar-refractivity contribution is 5.72. The van der Waals surface area contributed by atoms with E-state index >= 15 is 0 Å². The molecule has 0 bridgehead atoms. The van der Waals surface area contributed by atoms with Crippen LogP contribution in [0.25, 0.3) is 0 Å². The molecule has 14 heavy (non-hydrogen) atoms. The molecule has 0 aromatic heterocycles. The van der Waals surface area contributed by atoms with Crippen LogP contribution in [-0.4, -0.2) is 24.3 Å². The van der Waals surface area contributed by atoms with Crippen LogP contribution >= 0.6 is 0 Å². The van der Waals surface area contributed by atoms with Crippen molar-refractivity contribution in [3.8, 4) is 0 Å². The normalized spacial score (nSPS) is 20.4. The van der Waals surface area contributed by atoms with Crippen LogP contribution in [0.15, 0.2) is 0 Å². The standard InChI is InChI=1S/C11H20O3/c1-2-14-11(13)10(8-12)9-6-4-3-5-7-9/h9-10,12H,2-8H2,1H3. The average molecular weight is 200 g/mol. The van der Waals surface area contributed by atoms with Crippen molar-refractivity contribution in [3.05, 3.63) is 0 Å². The van der Waals surface area contributed by atoms with Gasteiger partial charge in [-0.25, -0.2) is 0 Å². The number of ether oxygens (including phenoxy) is 1. The van der Waals surface area contributed by atoms with E-state index < -0.39 is 0 Å². The smallest absolute Gasteiger partial charge is 0.311 e. The van der Waals surface area contributed by atoms with Gasteiger partial charge in [-0.3, -0.25) is 4.79 Å². The Bertz CT molecular complexity index is 173. The minimum absolute atomic E-state index is 0.0660. The summed E-state index contributed by atoms with van der Waals surface area (Å²) in [5.41, 5.74) is 0. The van der Waals surface area contributed by atoms with E-state index in [1.165, 1.54) is 19.3 Å². The molecule has 1 unspecified atom stereocenters. The zero-order chi connectivity index (χ0) is 10.4. The molecule has 1 saturated carbocycles. The second-order valence-electron chi connectivity index (χ2n) is 3.94. The molecule has 1 aliphatic carbocycles. The molecule has 3 nitrogen and oxygen atoms in total. The summed E-state index contributed by atoms with van der Waals surface area (Å²) in [5, 5.41) is 9.17. The average Bonchev–Trinajstić information content (AvgIpc) is 2.21. The topological polar surface area (TPSA) is 46.5 Å². The van der Waals surface area contributed by atoms with E-state index in [4.69, 9.17) is 4.74 Å². The second-order valence-corrected chi connectivity index (χ2v) is 3.94. The first-order valence-electron chi connectivity index (χ1n) is 5.57. The monoisotopic (exact) mass is 200 g/mol. The molecule has 0 aromatic rings. The molecule has 3 heteroatoms. The summed E-state index contributed by atoms with van der Waals surface area (Å²) in [4.78, 5) is 11.5. The highest BCUT2D eigenvalue weighted by Gasteiger charge is 2.29. The molecule has 82 valence electrons. The molecule has 0 amide bonds. The molecule has 0 aliphatic heterocycles. The molecule has 0 saturated heterocycles. The van der Waals surface area contributed by atoms with Crippen molar-refractivity contribution < 1.29 is 14.6 Å². The second kappa shape index (κ2) is 6.02. The maximum absolute atomic E-state index is 11.5. The van der Waals surface area contributed by atoms with Crippen LogP contribution in [0.1, 0.15) is 39.0 Å². The lowest BCUT2D eigenvalue weighted by molar-refractivity contribution is -0.152. The van der Waals surface area contributed by atoms with Gasteiger partial charge in [0.25, 0.3) is 0 Å². The number of hydrogen-bond donors (Lipinski definition) is 1.